The van der Waals surface area contributed by atoms with Crippen molar-refractivity contribution >= 4 is 29.3 Å². The zero-order chi connectivity index (χ0) is 18.1. The second kappa shape index (κ2) is 7.10. The molecule has 1 saturated carbocycles. The Morgan fingerprint density at radius 2 is 2.00 bits per heavy atom. The number of halogens is 1. The summed E-state index contributed by atoms with van der Waals surface area (Å²) < 4.78 is 5.70. The number of nitrogens with zero attached hydrogens (tertiary/aromatic N) is 1. The molecule has 5 nitrogen and oxygen atoms in total. The Hall–Kier alpha value is -1.75. The van der Waals surface area contributed by atoms with Crippen LogP contribution in [-0.4, -0.2) is 35.1 Å². The molecule has 6 heteroatoms. The molecule has 140 valence electrons. The molecule has 3 atom stereocenters. The van der Waals surface area contributed by atoms with Gasteiger partial charge in [-0.05, 0) is 75.1 Å². The predicted molar refractivity (Wildman–Crippen MR) is 100 cm³/mol. The number of benzene rings is 1. The molecule has 1 aromatic rings. The maximum Gasteiger partial charge on any atom is 0.411 e. The van der Waals surface area contributed by atoms with Crippen molar-refractivity contribution in [3.63, 3.8) is 0 Å². The molecule has 3 fully saturated rings. The second-order valence-electron chi connectivity index (χ2n) is 7.78. The number of ether oxygens (including phenoxy) is 1. The Balaban J connectivity index is 1.39. The molecular weight excluding hydrogens is 352 g/mol. The minimum absolute atomic E-state index is 0.0279. The van der Waals surface area contributed by atoms with E-state index < -0.39 is 6.09 Å². The van der Waals surface area contributed by atoms with Crippen LogP contribution in [0.3, 0.4) is 0 Å². The summed E-state index contributed by atoms with van der Waals surface area (Å²) in [4.78, 5) is 26.9. The molecule has 1 aliphatic carbocycles. The topological polar surface area (TPSA) is 58.6 Å². The van der Waals surface area contributed by atoms with Gasteiger partial charge in [-0.25, -0.2) is 4.79 Å². The Kier molecular flexibility index (Phi) is 4.82. The van der Waals surface area contributed by atoms with Crippen molar-refractivity contribution in [1.82, 2.24) is 4.90 Å². The fraction of sp³-hybridized carbons (Fsp3) is 0.600. The van der Waals surface area contributed by atoms with Crippen LogP contribution in [0.4, 0.5) is 10.5 Å². The Labute approximate surface area is 159 Å². The van der Waals surface area contributed by atoms with Crippen LogP contribution in [0, 0.1) is 5.92 Å². The van der Waals surface area contributed by atoms with Crippen molar-refractivity contribution in [2.75, 3.05) is 11.9 Å². The summed E-state index contributed by atoms with van der Waals surface area (Å²) >= 11 is 5.86. The van der Waals surface area contributed by atoms with Gasteiger partial charge in [-0.1, -0.05) is 11.6 Å². The van der Waals surface area contributed by atoms with E-state index in [0.29, 0.717) is 29.0 Å². The number of rotatable bonds is 2. The molecule has 1 N–H and O–H groups in total. The van der Waals surface area contributed by atoms with Crippen molar-refractivity contribution in [2.24, 2.45) is 5.92 Å². The van der Waals surface area contributed by atoms with Gasteiger partial charge in [-0.2, -0.15) is 0 Å². The third-order valence-electron chi connectivity index (χ3n) is 6.34. The maximum absolute atomic E-state index is 12.5. The molecule has 1 aromatic carbocycles. The fourth-order valence-corrected chi connectivity index (χ4v) is 5.31. The molecule has 2 heterocycles. The first-order valence-electron chi connectivity index (χ1n) is 9.60. The van der Waals surface area contributed by atoms with E-state index in [-0.39, 0.29) is 11.6 Å². The minimum atomic E-state index is -0.416. The SMILES string of the molecule is O=C(Nc1ccc(Cl)cc1)O[C@@H]1CC[C@@]23CCCN2C(=O)CCC[C@H]3C1. The van der Waals surface area contributed by atoms with Gasteiger partial charge in [-0.15, -0.1) is 0 Å². The standard InChI is InChI=1S/C20H25ClN2O3/c21-15-5-7-16(8-6-15)22-19(25)26-17-9-11-20-10-2-12-23(20)18(24)4-1-3-14(20)13-17/h5-8,14,17H,1-4,9-13H2,(H,22,25)/t14-,17+,20+/m0/s1. The van der Waals surface area contributed by atoms with Gasteiger partial charge in [0.1, 0.15) is 6.10 Å². The van der Waals surface area contributed by atoms with Crippen LogP contribution in [0.1, 0.15) is 51.4 Å². The van der Waals surface area contributed by atoms with E-state index in [0.717, 1.165) is 51.5 Å². The Morgan fingerprint density at radius 3 is 2.81 bits per heavy atom. The molecule has 0 radical (unpaired) electrons. The molecule has 26 heavy (non-hydrogen) atoms. The summed E-state index contributed by atoms with van der Waals surface area (Å²) in [6.45, 7) is 0.901. The number of anilines is 1. The van der Waals surface area contributed by atoms with Gasteiger partial charge in [0.05, 0.1) is 0 Å². The minimum Gasteiger partial charge on any atom is -0.446 e. The first kappa shape index (κ1) is 17.7. The van der Waals surface area contributed by atoms with E-state index in [4.69, 9.17) is 16.3 Å². The third kappa shape index (κ3) is 3.29. The highest BCUT2D eigenvalue weighted by molar-refractivity contribution is 6.30. The Morgan fingerprint density at radius 1 is 1.19 bits per heavy atom. The average molecular weight is 377 g/mol. The lowest BCUT2D eigenvalue weighted by atomic mass is 9.69. The summed E-state index contributed by atoms with van der Waals surface area (Å²) in [5.74, 6) is 0.767. The molecule has 0 aromatic heterocycles. The van der Waals surface area contributed by atoms with Crippen LogP contribution in [-0.2, 0) is 9.53 Å². The smallest absolute Gasteiger partial charge is 0.411 e. The van der Waals surface area contributed by atoms with Gasteiger partial charge in [0, 0.05) is 29.2 Å². The van der Waals surface area contributed by atoms with Crippen molar-refractivity contribution < 1.29 is 14.3 Å². The third-order valence-corrected chi connectivity index (χ3v) is 6.60. The van der Waals surface area contributed by atoms with Gasteiger partial charge in [0.2, 0.25) is 5.91 Å². The van der Waals surface area contributed by atoms with Crippen LogP contribution in [0.5, 0.6) is 0 Å². The van der Waals surface area contributed by atoms with Crippen molar-refractivity contribution in [1.29, 1.82) is 0 Å². The average Bonchev–Trinajstić information content (AvgIpc) is 2.99. The lowest BCUT2D eigenvalue weighted by Gasteiger charge is -2.48. The van der Waals surface area contributed by atoms with Crippen molar-refractivity contribution in [2.45, 2.75) is 63.0 Å². The lowest BCUT2D eigenvalue weighted by molar-refractivity contribution is -0.138. The summed E-state index contributed by atoms with van der Waals surface area (Å²) in [5.41, 5.74) is 0.703. The number of carbonyl (C=O) groups excluding carboxylic acids is 2. The van der Waals surface area contributed by atoms with Gasteiger partial charge >= 0.3 is 6.09 Å². The zero-order valence-corrected chi connectivity index (χ0v) is 15.6. The van der Waals surface area contributed by atoms with Crippen LogP contribution in [0.15, 0.2) is 24.3 Å². The summed E-state index contributed by atoms with van der Waals surface area (Å²) in [7, 11) is 0. The van der Waals surface area contributed by atoms with Crippen LogP contribution < -0.4 is 5.32 Å². The summed E-state index contributed by atoms with van der Waals surface area (Å²) in [5, 5.41) is 3.40. The number of carbonyl (C=O) groups is 2. The first-order valence-corrected chi connectivity index (χ1v) is 9.98. The number of nitrogens with one attached hydrogen (secondary N) is 1. The molecule has 3 aliphatic rings. The quantitative estimate of drug-likeness (QED) is 0.820. The molecule has 1 spiro atoms. The van der Waals surface area contributed by atoms with Gasteiger partial charge in [0.15, 0.2) is 0 Å². The summed E-state index contributed by atoms with van der Waals surface area (Å²) in [6.07, 6.45) is 7.02. The highest BCUT2D eigenvalue weighted by Crippen LogP contribution is 2.49. The van der Waals surface area contributed by atoms with E-state index in [1.165, 1.54) is 0 Å². The highest BCUT2D eigenvalue weighted by atomic mass is 35.5. The predicted octanol–water partition coefficient (Wildman–Crippen LogP) is 4.60. The molecule has 4 rings (SSSR count). The molecular formula is C20H25ClN2O3. The van der Waals surface area contributed by atoms with E-state index in [1.807, 2.05) is 0 Å². The van der Waals surface area contributed by atoms with Crippen LogP contribution >= 0.6 is 11.6 Å². The molecule has 0 bridgehead atoms. The van der Waals surface area contributed by atoms with Crippen LogP contribution in [0.2, 0.25) is 5.02 Å². The van der Waals surface area contributed by atoms with E-state index >= 15 is 0 Å². The van der Waals surface area contributed by atoms with E-state index in [1.54, 1.807) is 24.3 Å². The van der Waals surface area contributed by atoms with Crippen LogP contribution in [0.25, 0.3) is 0 Å². The number of hydrogen-bond acceptors (Lipinski definition) is 3. The molecule has 2 amide bonds. The molecule has 2 saturated heterocycles. The molecule has 2 aliphatic heterocycles. The van der Waals surface area contributed by atoms with Gasteiger partial charge in [-0.3, -0.25) is 10.1 Å². The zero-order valence-electron chi connectivity index (χ0n) is 14.9. The monoisotopic (exact) mass is 376 g/mol. The maximum atomic E-state index is 12.5. The normalized spacial score (nSPS) is 31.0. The van der Waals surface area contributed by atoms with Crippen molar-refractivity contribution in [3.05, 3.63) is 29.3 Å². The highest BCUT2D eigenvalue weighted by Gasteiger charge is 2.52. The second-order valence-corrected chi connectivity index (χ2v) is 8.21. The first-order chi connectivity index (χ1) is 12.6. The van der Waals surface area contributed by atoms with Crippen molar-refractivity contribution in [3.8, 4) is 0 Å². The lowest BCUT2D eigenvalue weighted by Crippen LogP contribution is -2.54. The summed E-state index contributed by atoms with van der Waals surface area (Å²) in [6, 6.07) is 6.98. The largest absolute Gasteiger partial charge is 0.446 e. The fourth-order valence-electron chi connectivity index (χ4n) is 5.19. The van der Waals surface area contributed by atoms with E-state index in [2.05, 4.69) is 10.2 Å². The van der Waals surface area contributed by atoms with E-state index in [9.17, 15) is 9.59 Å². The van der Waals surface area contributed by atoms with Gasteiger partial charge in [0.25, 0.3) is 0 Å². The van der Waals surface area contributed by atoms with Gasteiger partial charge < -0.3 is 9.64 Å². The number of amides is 2. The number of hydrogen-bond donors (Lipinski definition) is 1. The molecule has 0 unspecified atom stereocenters. The Bertz CT molecular complexity index is 693.